The zero-order valence-corrected chi connectivity index (χ0v) is 17.1. The monoisotopic (exact) mass is 459 g/mol. The number of ether oxygens (including phenoxy) is 1. The number of carbonyl (C=O) groups excluding carboxylic acids is 2. The zero-order chi connectivity index (χ0) is 22.5. The number of hydrazine groups is 1. The second-order valence-corrected chi connectivity index (χ2v) is 7.69. The van der Waals surface area contributed by atoms with E-state index in [9.17, 15) is 24.5 Å². The Balaban J connectivity index is 1.72. The van der Waals surface area contributed by atoms with E-state index in [1.807, 2.05) is 0 Å². The summed E-state index contributed by atoms with van der Waals surface area (Å²) in [6, 6.07) is 11.4. The molecule has 2 aromatic rings. The summed E-state index contributed by atoms with van der Waals surface area (Å²) in [6.45, 7) is -0.500. The first kappa shape index (κ1) is 21.9. The van der Waals surface area contributed by atoms with Crippen LogP contribution >= 0.6 is 24.0 Å². The number of benzene rings is 2. The topological polar surface area (TPSA) is 139 Å². The number of carboxylic acid groups (broad SMARTS) is 1. The van der Waals surface area contributed by atoms with Crippen molar-refractivity contribution < 1.29 is 29.2 Å². The summed E-state index contributed by atoms with van der Waals surface area (Å²) in [4.78, 5) is 46.0. The quantitative estimate of drug-likeness (QED) is 0.277. The lowest BCUT2D eigenvalue weighted by Crippen LogP contribution is -2.44. The number of hydrogen-bond acceptors (Lipinski definition) is 8. The summed E-state index contributed by atoms with van der Waals surface area (Å²) in [7, 11) is 0. The number of thioether (sulfide) groups is 1. The number of rotatable bonds is 7. The van der Waals surface area contributed by atoms with E-state index in [0.29, 0.717) is 11.3 Å². The predicted octanol–water partition coefficient (Wildman–Crippen LogP) is 2.60. The number of amides is 2. The number of hydrogen-bond donors (Lipinski definition) is 2. The van der Waals surface area contributed by atoms with Gasteiger partial charge in [0.05, 0.1) is 9.83 Å². The number of carboxylic acids is 1. The molecule has 31 heavy (non-hydrogen) atoms. The van der Waals surface area contributed by atoms with Crippen LogP contribution < -0.4 is 10.2 Å². The Bertz CT molecular complexity index is 1120. The molecule has 0 unspecified atom stereocenters. The molecule has 3 rings (SSSR count). The normalized spacial score (nSPS) is 14.6. The van der Waals surface area contributed by atoms with Crippen molar-refractivity contribution in [2.24, 2.45) is 0 Å². The third kappa shape index (κ3) is 5.43. The average molecular weight is 459 g/mol. The minimum Gasteiger partial charge on any atom is -0.482 e. The van der Waals surface area contributed by atoms with Crippen LogP contribution in [0.5, 0.6) is 5.75 Å². The number of nitrogens with zero attached hydrogens (tertiary/aromatic N) is 2. The minimum absolute atomic E-state index is 0.102. The average Bonchev–Trinajstić information content (AvgIpc) is 3.00. The highest BCUT2D eigenvalue weighted by Crippen LogP contribution is 2.32. The molecule has 1 saturated heterocycles. The fraction of sp³-hybridized carbons (Fsp3) is 0.0526. The highest BCUT2D eigenvalue weighted by Gasteiger charge is 2.33. The lowest BCUT2D eigenvalue weighted by molar-refractivity contribution is -0.384. The van der Waals surface area contributed by atoms with Crippen LogP contribution in [0.4, 0.5) is 5.69 Å². The molecule has 2 amide bonds. The molecule has 158 valence electrons. The van der Waals surface area contributed by atoms with Crippen molar-refractivity contribution in [3.63, 3.8) is 0 Å². The highest BCUT2D eigenvalue weighted by atomic mass is 32.2. The maximum absolute atomic E-state index is 12.7. The maximum atomic E-state index is 12.7. The van der Waals surface area contributed by atoms with Gasteiger partial charge in [-0.3, -0.25) is 25.1 Å². The highest BCUT2D eigenvalue weighted by molar-refractivity contribution is 8.26. The molecule has 0 radical (unpaired) electrons. The number of carbonyl (C=O) groups is 3. The summed E-state index contributed by atoms with van der Waals surface area (Å²) < 4.78 is 5.21. The van der Waals surface area contributed by atoms with Crippen molar-refractivity contribution in [2.45, 2.75) is 0 Å². The second kappa shape index (κ2) is 9.36. The molecule has 0 bridgehead atoms. The third-order valence-electron chi connectivity index (χ3n) is 3.87. The summed E-state index contributed by atoms with van der Waals surface area (Å²) in [5.74, 6) is -2.01. The molecular formula is C19H13N3O7S2. The Labute approximate surface area is 184 Å². The molecule has 0 aliphatic carbocycles. The van der Waals surface area contributed by atoms with Crippen LogP contribution in [0.25, 0.3) is 6.08 Å². The number of non-ortho nitro benzene ring substituents is 1. The molecule has 2 aromatic carbocycles. The summed E-state index contributed by atoms with van der Waals surface area (Å²) in [6.07, 6.45) is 1.53. The molecule has 1 aliphatic rings. The first-order valence-electron chi connectivity index (χ1n) is 8.52. The molecule has 0 aromatic heterocycles. The Kier molecular flexibility index (Phi) is 6.62. The molecule has 10 nitrogen and oxygen atoms in total. The minimum atomic E-state index is -1.12. The Morgan fingerprint density at radius 1 is 1.26 bits per heavy atom. The first-order valence-corrected chi connectivity index (χ1v) is 9.75. The van der Waals surface area contributed by atoms with E-state index in [1.165, 1.54) is 30.3 Å². The van der Waals surface area contributed by atoms with E-state index in [1.54, 1.807) is 24.3 Å². The molecule has 0 spiro atoms. The third-order valence-corrected chi connectivity index (χ3v) is 5.17. The Morgan fingerprint density at radius 3 is 2.61 bits per heavy atom. The van der Waals surface area contributed by atoms with Crippen LogP contribution in [0, 0.1) is 10.1 Å². The van der Waals surface area contributed by atoms with Crippen molar-refractivity contribution in [3.05, 3.63) is 74.7 Å². The SMILES string of the molecule is O=C(O)COc1cccc(/C=C2/SC(=S)N(NC(=O)c3ccc([N+](=O)[O-])cc3)C2=O)c1. The van der Waals surface area contributed by atoms with E-state index >= 15 is 0 Å². The van der Waals surface area contributed by atoms with Gasteiger partial charge in [-0.15, -0.1) is 0 Å². The van der Waals surface area contributed by atoms with Crippen molar-refractivity contribution in [1.29, 1.82) is 0 Å². The molecule has 0 saturated carbocycles. The van der Waals surface area contributed by atoms with Crippen molar-refractivity contribution >= 4 is 57.8 Å². The molecule has 1 aliphatic heterocycles. The molecule has 12 heteroatoms. The number of aliphatic carboxylic acids is 1. The molecule has 1 heterocycles. The van der Waals surface area contributed by atoms with Gasteiger partial charge in [-0.25, -0.2) is 4.79 Å². The molecular weight excluding hydrogens is 446 g/mol. The number of thiocarbonyl (C=S) groups is 1. The van der Waals surface area contributed by atoms with E-state index < -0.39 is 29.3 Å². The van der Waals surface area contributed by atoms with Gasteiger partial charge < -0.3 is 9.84 Å². The first-order chi connectivity index (χ1) is 14.7. The number of nitro benzene ring substituents is 1. The fourth-order valence-corrected chi connectivity index (χ4v) is 3.63. The second-order valence-electron chi connectivity index (χ2n) is 6.02. The molecule has 2 N–H and O–H groups in total. The smallest absolute Gasteiger partial charge is 0.341 e. The van der Waals surface area contributed by atoms with Crippen LogP contribution in [-0.2, 0) is 9.59 Å². The van der Waals surface area contributed by atoms with E-state index in [-0.39, 0.29) is 20.5 Å². The van der Waals surface area contributed by atoms with Gasteiger partial charge in [0.15, 0.2) is 10.9 Å². The standard InChI is InChI=1S/C19H13N3O7S2/c23-16(24)10-29-14-3-1-2-11(8-14)9-15-18(26)21(19(30)31-15)20-17(25)12-4-6-13(7-5-12)22(27)28/h1-9H,10H2,(H,20,25)(H,23,24)/b15-9+. The lowest BCUT2D eigenvalue weighted by Gasteiger charge is -2.15. The van der Waals surface area contributed by atoms with E-state index in [0.717, 1.165) is 16.8 Å². The number of nitro groups is 1. The maximum Gasteiger partial charge on any atom is 0.341 e. The molecule has 0 atom stereocenters. The number of nitrogens with one attached hydrogen (secondary N) is 1. The van der Waals surface area contributed by atoms with E-state index in [2.05, 4.69) is 5.43 Å². The van der Waals surface area contributed by atoms with Gasteiger partial charge in [0.2, 0.25) is 0 Å². The van der Waals surface area contributed by atoms with Crippen LogP contribution in [-0.4, -0.2) is 43.7 Å². The van der Waals surface area contributed by atoms with Gasteiger partial charge in [-0.1, -0.05) is 23.9 Å². The van der Waals surface area contributed by atoms with Crippen LogP contribution in [0.2, 0.25) is 0 Å². The van der Waals surface area contributed by atoms with Crippen molar-refractivity contribution in [1.82, 2.24) is 10.4 Å². The van der Waals surface area contributed by atoms with Gasteiger partial charge in [0.25, 0.3) is 17.5 Å². The van der Waals surface area contributed by atoms with E-state index in [4.69, 9.17) is 22.1 Å². The van der Waals surface area contributed by atoms with Gasteiger partial charge in [-0.05, 0) is 48.1 Å². The summed E-state index contributed by atoms with van der Waals surface area (Å²) >= 11 is 6.14. The van der Waals surface area contributed by atoms with Gasteiger partial charge in [0.1, 0.15) is 5.75 Å². The Hall–Kier alpha value is -3.77. The van der Waals surface area contributed by atoms with Gasteiger partial charge >= 0.3 is 5.97 Å². The summed E-state index contributed by atoms with van der Waals surface area (Å²) in [5, 5.41) is 20.3. The predicted molar refractivity (Wildman–Crippen MR) is 115 cm³/mol. The molecule has 1 fully saturated rings. The Morgan fingerprint density at radius 2 is 1.97 bits per heavy atom. The van der Waals surface area contributed by atoms with Crippen LogP contribution in [0.15, 0.2) is 53.4 Å². The van der Waals surface area contributed by atoms with Crippen LogP contribution in [0.3, 0.4) is 0 Å². The van der Waals surface area contributed by atoms with Gasteiger partial charge in [0, 0.05) is 17.7 Å². The van der Waals surface area contributed by atoms with Crippen molar-refractivity contribution in [3.8, 4) is 5.75 Å². The van der Waals surface area contributed by atoms with Gasteiger partial charge in [-0.2, -0.15) is 5.01 Å². The fourth-order valence-electron chi connectivity index (χ4n) is 2.46. The van der Waals surface area contributed by atoms with Crippen molar-refractivity contribution in [2.75, 3.05) is 6.61 Å². The summed E-state index contributed by atoms with van der Waals surface area (Å²) in [5.41, 5.74) is 2.91. The largest absolute Gasteiger partial charge is 0.482 e. The van der Waals surface area contributed by atoms with Crippen LogP contribution in [0.1, 0.15) is 15.9 Å². The zero-order valence-electron chi connectivity index (χ0n) is 15.5. The lowest BCUT2D eigenvalue weighted by atomic mass is 10.2.